The molecule has 1 aromatic heterocycles. The number of ether oxygens (including phenoxy) is 1. The number of piperazine rings is 1. The van der Waals surface area contributed by atoms with E-state index in [0.29, 0.717) is 30.9 Å². The summed E-state index contributed by atoms with van der Waals surface area (Å²) in [5.74, 6) is 2.33. The Morgan fingerprint density at radius 3 is 2.67 bits per heavy atom. The van der Waals surface area contributed by atoms with E-state index in [1.54, 1.807) is 0 Å². The first-order valence-electron chi connectivity index (χ1n) is 10.1. The van der Waals surface area contributed by atoms with Crippen LogP contribution in [0.5, 0.6) is 0 Å². The van der Waals surface area contributed by atoms with Gasteiger partial charge in [-0.15, -0.1) is 0 Å². The highest BCUT2D eigenvalue weighted by Crippen LogP contribution is 2.30. The third-order valence-corrected chi connectivity index (χ3v) is 5.85. The Morgan fingerprint density at radius 2 is 2.04 bits per heavy atom. The normalized spacial score (nSPS) is 23.4. The summed E-state index contributed by atoms with van der Waals surface area (Å²) in [5.41, 5.74) is 0.992. The van der Waals surface area contributed by atoms with E-state index >= 15 is 0 Å². The standard InChI is InChI=1S/C19H29N5O3/c25-10-5-20-19-21-16(15-4-11-27-13-15)12-17(22-19)23-6-8-24(9-7-23)18(26)14-2-1-3-14/h12,14-15,25H,1-11,13H2,(H,20,21,22). The van der Waals surface area contributed by atoms with E-state index in [1.807, 2.05) is 4.90 Å². The summed E-state index contributed by atoms with van der Waals surface area (Å²) in [6.07, 6.45) is 4.27. The summed E-state index contributed by atoms with van der Waals surface area (Å²) in [6, 6.07) is 2.06. The van der Waals surface area contributed by atoms with Crippen LogP contribution in [0.1, 0.15) is 37.3 Å². The average molecular weight is 375 g/mol. The van der Waals surface area contributed by atoms with Gasteiger partial charge in [0.15, 0.2) is 0 Å². The van der Waals surface area contributed by atoms with Crippen molar-refractivity contribution in [2.24, 2.45) is 5.92 Å². The second-order valence-electron chi connectivity index (χ2n) is 7.63. The van der Waals surface area contributed by atoms with Crippen molar-refractivity contribution in [2.45, 2.75) is 31.6 Å². The average Bonchev–Trinajstić information content (AvgIpc) is 3.20. The minimum Gasteiger partial charge on any atom is -0.395 e. The van der Waals surface area contributed by atoms with Crippen LogP contribution in [0.3, 0.4) is 0 Å². The molecule has 1 amide bonds. The van der Waals surface area contributed by atoms with Gasteiger partial charge in [0.1, 0.15) is 5.82 Å². The van der Waals surface area contributed by atoms with Crippen LogP contribution in [0, 0.1) is 5.92 Å². The maximum absolute atomic E-state index is 12.5. The molecule has 3 aliphatic rings. The zero-order valence-electron chi connectivity index (χ0n) is 15.8. The van der Waals surface area contributed by atoms with E-state index in [0.717, 1.165) is 63.6 Å². The Bertz CT molecular complexity index is 653. The van der Waals surface area contributed by atoms with Gasteiger partial charge in [-0.2, -0.15) is 4.98 Å². The molecule has 3 heterocycles. The van der Waals surface area contributed by atoms with Gasteiger partial charge in [0.05, 0.1) is 18.9 Å². The van der Waals surface area contributed by atoms with Crippen molar-refractivity contribution in [2.75, 3.05) is 62.8 Å². The number of hydrogen-bond acceptors (Lipinski definition) is 7. The fraction of sp³-hybridized carbons (Fsp3) is 0.737. The molecule has 3 fully saturated rings. The predicted octanol–water partition coefficient (Wildman–Crippen LogP) is 0.833. The molecule has 148 valence electrons. The molecule has 1 unspecified atom stereocenters. The number of rotatable bonds is 6. The molecule has 4 rings (SSSR count). The van der Waals surface area contributed by atoms with Crippen molar-refractivity contribution in [3.8, 4) is 0 Å². The molecule has 1 atom stereocenters. The Hall–Kier alpha value is -1.93. The van der Waals surface area contributed by atoms with Gasteiger partial charge in [-0.3, -0.25) is 4.79 Å². The molecule has 8 nitrogen and oxygen atoms in total. The highest BCUT2D eigenvalue weighted by Gasteiger charge is 2.31. The Morgan fingerprint density at radius 1 is 1.22 bits per heavy atom. The van der Waals surface area contributed by atoms with Gasteiger partial charge >= 0.3 is 0 Å². The van der Waals surface area contributed by atoms with Crippen LogP contribution in [-0.4, -0.2) is 78.4 Å². The summed E-state index contributed by atoms with van der Waals surface area (Å²) >= 11 is 0. The predicted molar refractivity (Wildman–Crippen MR) is 102 cm³/mol. The van der Waals surface area contributed by atoms with Crippen molar-refractivity contribution < 1.29 is 14.6 Å². The monoisotopic (exact) mass is 375 g/mol. The second-order valence-corrected chi connectivity index (χ2v) is 7.63. The van der Waals surface area contributed by atoms with E-state index in [9.17, 15) is 4.79 Å². The fourth-order valence-corrected chi connectivity index (χ4v) is 3.91. The Labute approximate surface area is 159 Å². The van der Waals surface area contributed by atoms with Crippen LogP contribution >= 0.6 is 0 Å². The fourth-order valence-electron chi connectivity index (χ4n) is 3.91. The third kappa shape index (κ3) is 4.16. The van der Waals surface area contributed by atoms with Crippen molar-refractivity contribution in [1.29, 1.82) is 0 Å². The van der Waals surface area contributed by atoms with Gasteiger partial charge in [0, 0.05) is 57.2 Å². The first-order chi connectivity index (χ1) is 13.2. The largest absolute Gasteiger partial charge is 0.395 e. The summed E-state index contributed by atoms with van der Waals surface area (Å²) < 4.78 is 5.52. The van der Waals surface area contributed by atoms with E-state index in [2.05, 4.69) is 26.3 Å². The number of nitrogens with one attached hydrogen (secondary N) is 1. The SMILES string of the molecule is O=C(C1CCC1)N1CCN(c2cc(C3CCOC3)nc(NCCO)n2)CC1. The maximum Gasteiger partial charge on any atom is 0.225 e. The molecule has 8 heteroatoms. The number of nitrogens with zero attached hydrogens (tertiary/aromatic N) is 4. The molecule has 0 aromatic carbocycles. The van der Waals surface area contributed by atoms with E-state index in [-0.39, 0.29) is 12.5 Å². The Balaban J connectivity index is 1.45. The molecule has 2 saturated heterocycles. The highest BCUT2D eigenvalue weighted by molar-refractivity contribution is 5.79. The topological polar surface area (TPSA) is 90.8 Å². The first kappa shape index (κ1) is 18.4. The summed E-state index contributed by atoms with van der Waals surface area (Å²) in [5, 5.41) is 12.2. The number of aromatic nitrogens is 2. The molecule has 2 aliphatic heterocycles. The zero-order valence-corrected chi connectivity index (χ0v) is 15.8. The van der Waals surface area contributed by atoms with E-state index in [1.165, 1.54) is 6.42 Å². The number of amides is 1. The summed E-state index contributed by atoms with van der Waals surface area (Å²) in [4.78, 5) is 26.0. The summed E-state index contributed by atoms with van der Waals surface area (Å²) in [7, 11) is 0. The lowest BCUT2D eigenvalue weighted by atomic mass is 9.84. The molecule has 27 heavy (non-hydrogen) atoms. The smallest absolute Gasteiger partial charge is 0.225 e. The Kier molecular flexibility index (Phi) is 5.73. The van der Waals surface area contributed by atoms with Crippen molar-refractivity contribution in [3.63, 3.8) is 0 Å². The van der Waals surface area contributed by atoms with Crippen LogP contribution in [0.25, 0.3) is 0 Å². The quantitative estimate of drug-likeness (QED) is 0.761. The summed E-state index contributed by atoms with van der Waals surface area (Å²) in [6.45, 7) is 5.00. The van der Waals surface area contributed by atoms with E-state index < -0.39 is 0 Å². The maximum atomic E-state index is 12.5. The lowest BCUT2D eigenvalue weighted by molar-refractivity contribution is -0.138. The lowest BCUT2D eigenvalue weighted by Crippen LogP contribution is -2.51. The molecular formula is C19H29N5O3. The molecule has 0 spiro atoms. The van der Waals surface area contributed by atoms with Crippen molar-refractivity contribution in [1.82, 2.24) is 14.9 Å². The number of carbonyl (C=O) groups excluding carboxylic acids is 1. The van der Waals surface area contributed by atoms with Crippen LogP contribution in [-0.2, 0) is 9.53 Å². The number of carbonyl (C=O) groups is 1. The van der Waals surface area contributed by atoms with Gasteiger partial charge in [-0.05, 0) is 19.3 Å². The molecule has 2 N–H and O–H groups in total. The second kappa shape index (κ2) is 8.39. The molecule has 1 aromatic rings. The minimum atomic E-state index is 0.0391. The molecule has 1 saturated carbocycles. The van der Waals surface area contributed by atoms with Gasteiger partial charge in [0.25, 0.3) is 0 Å². The number of aliphatic hydroxyl groups is 1. The lowest BCUT2D eigenvalue weighted by Gasteiger charge is -2.38. The number of anilines is 2. The van der Waals surface area contributed by atoms with Gasteiger partial charge in [-0.1, -0.05) is 6.42 Å². The van der Waals surface area contributed by atoms with Gasteiger partial charge in [-0.25, -0.2) is 4.98 Å². The van der Waals surface area contributed by atoms with E-state index in [4.69, 9.17) is 9.84 Å². The molecule has 0 bridgehead atoms. The minimum absolute atomic E-state index is 0.0391. The third-order valence-electron chi connectivity index (χ3n) is 5.85. The van der Waals surface area contributed by atoms with Crippen LogP contribution < -0.4 is 10.2 Å². The van der Waals surface area contributed by atoms with Crippen LogP contribution in [0.2, 0.25) is 0 Å². The van der Waals surface area contributed by atoms with Crippen LogP contribution in [0.15, 0.2) is 6.07 Å². The van der Waals surface area contributed by atoms with Crippen LogP contribution in [0.4, 0.5) is 11.8 Å². The number of hydrogen-bond donors (Lipinski definition) is 2. The number of aliphatic hydroxyl groups excluding tert-OH is 1. The zero-order chi connectivity index (χ0) is 18.6. The highest BCUT2D eigenvalue weighted by atomic mass is 16.5. The van der Waals surface area contributed by atoms with Gasteiger partial charge in [0.2, 0.25) is 11.9 Å². The molecule has 0 radical (unpaired) electrons. The molecule has 1 aliphatic carbocycles. The molecular weight excluding hydrogens is 346 g/mol. The van der Waals surface area contributed by atoms with Crippen molar-refractivity contribution in [3.05, 3.63) is 11.8 Å². The van der Waals surface area contributed by atoms with Crippen molar-refractivity contribution >= 4 is 17.7 Å². The first-order valence-corrected chi connectivity index (χ1v) is 10.1. The van der Waals surface area contributed by atoms with Gasteiger partial charge < -0.3 is 25.0 Å².